The zero-order valence-electron chi connectivity index (χ0n) is 15.6. The predicted octanol–water partition coefficient (Wildman–Crippen LogP) is 4.70. The minimum atomic E-state index is -0.676. The number of hydrogen-bond acceptors (Lipinski definition) is 4. The quantitative estimate of drug-likeness (QED) is 0.383. The minimum Gasteiger partial charge on any atom is -0.462 e. The van der Waals surface area contributed by atoms with Crippen LogP contribution >= 0.6 is 11.6 Å². The summed E-state index contributed by atoms with van der Waals surface area (Å²) in [5.41, 5.74) is 1.80. The number of carbonyl (C=O) groups excluding carboxylic acids is 2. The second-order valence-corrected chi connectivity index (χ2v) is 7.08. The molecule has 1 saturated heterocycles. The number of ether oxygens (including phenoxy) is 2. The normalized spacial score (nSPS) is 19.2. The standard InChI is InChI=1S/C22H24ClNO4/c23-14-8-7-13-19-21(25)27-16-20(18-11-5-2-6-12-18)24(19)22(26)28-15-17-9-3-1-4-10-17/h1-6,9-12,19-20H,7-8,13-16H2/t19-,20+/m0/s1. The predicted molar refractivity (Wildman–Crippen MR) is 107 cm³/mol. The van der Waals surface area contributed by atoms with Gasteiger partial charge in [0.2, 0.25) is 0 Å². The van der Waals surface area contributed by atoms with Crippen molar-refractivity contribution in [1.29, 1.82) is 0 Å². The number of hydrogen-bond donors (Lipinski definition) is 0. The SMILES string of the molecule is O=C1OC[C@H](c2ccccc2)N(C(=O)OCc2ccccc2)[C@H]1CCCCCl. The lowest BCUT2D eigenvalue weighted by Crippen LogP contribution is -2.53. The molecule has 1 heterocycles. The molecule has 5 nitrogen and oxygen atoms in total. The summed E-state index contributed by atoms with van der Waals surface area (Å²) in [6, 6.07) is 18.0. The van der Waals surface area contributed by atoms with E-state index >= 15 is 0 Å². The van der Waals surface area contributed by atoms with E-state index in [1.54, 1.807) is 4.90 Å². The number of carbonyl (C=O) groups is 2. The number of alkyl halides is 1. The van der Waals surface area contributed by atoms with E-state index in [4.69, 9.17) is 21.1 Å². The van der Waals surface area contributed by atoms with E-state index in [1.165, 1.54) is 0 Å². The van der Waals surface area contributed by atoms with Gasteiger partial charge in [0.05, 0.1) is 6.04 Å². The molecule has 0 saturated carbocycles. The highest BCUT2D eigenvalue weighted by molar-refractivity contribution is 6.17. The third-order valence-electron chi connectivity index (χ3n) is 4.79. The molecule has 1 amide bonds. The van der Waals surface area contributed by atoms with Gasteiger partial charge in [0.15, 0.2) is 0 Å². The molecule has 3 rings (SSSR count). The van der Waals surface area contributed by atoms with Gasteiger partial charge in [0, 0.05) is 5.88 Å². The molecule has 0 N–H and O–H groups in total. The fourth-order valence-electron chi connectivity index (χ4n) is 3.34. The molecule has 1 aliphatic heterocycles. The van der Waals surface area contributed by atoms with Crippen LogP contribution in [0.25, 0.3) is 0 Å². The number of amides is 1. The van der Waals surface area contributed by atoms with Crippen LogP contribution in [-0.2, 0) is 20.9 Å². The molecule has 6 heteroatoms. The Hall–Kier alpha value is -2.53. The highest BCUT2D eigenvalue weighted by atomic mass is 35.5. The van der Waals surface area contributed by atoms with Crippen LogP contribution in [0.3, 0.4) is 0 Å². The van der Waals surface area contributed by atoms with Gasteiger partial charge in [-0.2, -0.15) is 0 Å². The summed E-state index contributed by atoms with van der Waals surface area (Å²) in [6.45, 7) is 0.274. The molecule has 0 radical (unpaired) electrons. The molecule has 0 bridgehead atoms. The van der Waals surface area contributed by atoms with Crippen LogP contribution in [0.15, 0.2) is 60.7 Å². The summed E-state index contributed by atoms with van der Waals surface area (Å²) in [6.07, 6.45) is 1.49. The lowest BCUT2D eigenvalue weighted by atomic mass is 9.99. The molecule has 1 fully saturated rings. The van der Waals surface area contributed by atoms with Crippen LogP contribution in [0.4, 0.5) is 4.79 Å². The van der Waals surface area contributed by atoms with Crippen LogP contribution in [0.5, 0.6) is 0 Å². The average molecular weight is 402 g/mol. The highest BCUT2D eigenvalue weighted by Gasteiger charge is 2.42. The topological polar surface area (TPSA) is 55.8 Å². The molecule has 148 valence electrons. The second kappa shape index (κ2) is 10.1. The first-order valence-corrected chi connectivity index (χ1v) is 10.0. The molecule has 0 aliphatic carbocycles. The van der Waals surface area contributed by atoms with E-state index < -0.39 is 18.1 Å². The summed E-state index contributed by atoms with van der Waals surface area (Å²) < 4.78 is 11.0. The van der Waals surface area contributed by atoms with Crippen molar-refractivity contribution in [1.82, 2.24) is 4.90 Å². The number of halogens is 1. The van der Waals surface area contributed by atoms with Gasteiger partial charge in [-0.15, -0.1) is 11.6 Å². The maximum atomic E-state index is 13.0. The van der Waals surface area contributed by atoms with Gasteiger partial charge in [-0.05, 0) is 30.4 Å². The van der Waals surface area contributed by atoms with Gasteiger partial charge in [0.25, 0.3) is 0 Å². The van der Waals surface area contributed by atoms with Gasteiger partial charge in [-0.25, -0.2) is 9.59 Å². The van der Waals surface area contributed by atoms with Gasteiger partial charge < -0.3 is 9.47 Å². The van der Waals surface area contributed by atoms with Crippen molar-refractivity contribution < 1.29 is 19.1 Å². The summed E-state index contributed by atoms with van der Waals surface area (Å²) in [5.74, 6) is 0.126. The Kier molecular flexibility index (Phi) is 7.31. The number of benzene rings is 2. The number of unbranched alkanes of at least 4 members (excludes halogenated alkanes) is 1. The fourth-order valence-corrected chi connectivity index (χ4v) is 3.53. The lowest BCUT2D eigenvalue weighted by molar-refractivity contribution is -0.161. The Balaban J connectivity index is 1.80. The number of nitrogens with zero attached hydrogens (tertiary/aromatic N) is 1. The van der Waals surface area contributed by atoms with E-state index in [1.807, 2.05) is 60.7 Å². The Bertz CT molecular complexity index is 769. The van der Waals surface area contributed by atoms with Gasteiger partial charge >= 0.3 is 12.1 Å². The first-order valence-electron chi connectivity index (χ1n) is 9.47. The minimum absolute atomic E-state index is 0.120. The second-order valence-electron chi connectivity index (χ2n) is 6.70. The van der Waals surface area contributed by atoms with E-state index in [2.05, 4.69) is 0 Å². The van der Waals surface area contributed by atoms with Crippen molar-refractivity contribution >= 4 is 23.7 Å². The largest absolute Gasteiger partial charge is 0.462 e. The van der Waals surface area contributed by atoms with Gasteiger partial charge in [-0.3, -0.25) is 4.90 Å². The Labute approximate surface area is 170 Å². The zero-order valence-corrected chi connectivity index (χ0v) is 16.4. The Morgan fingerprint density at radius 1 is 1.07 bits per heavy atom. The zero-order chi connectivity index (χ0) is 19.8. The first kappa shape index (κ1) is 20.2. The van der Waals surface area contributed by atoms with Crippen LogP contribution < -0.4 is 0 Å². The van der Waals surface area contributed by atoms with Crippen molar-refractivity contribution in [2.75, 3.05) is 12.5 Å². The van der Waals surface area contributed by atoms with Crippen LogP contribution in [-0.4, -0.2) is 35.5 Å². The van der Waals surface area contributed by atoms with Crippen molar-refractivity contribution in [3.63, 3.8) is 0 Å². The summed E-state index contributed by atoms with van der Waals surface area (Å²) >= 11 is 5.78. The molecular weight excluding hydrogens is 378 g/mol. The van der Waals surface area contributed by atoms with Crippen LogP contribution in [0.1, 0.15) is 36.4 Å². The molecule has 0 unspecified atom stereocenters. The van der Waals surface area contributed by atoms with E-state index in [0.717, 1.165) is 24.0 Å². The fraction of sp³-hybridized carbons (Fsp3) is 0.364. The van der Waals surface area contributed by atoms with Crippen molar-refractivity contribution in [2.45, 2.75) is 38.0 Å². The molecule has 28 heavy (non-hydrogen) atoms. The Morgan fingerprint density at radius 2 is 1.75 bits per heavy atom. The smallest absolute Gasteiger partial charge is 0.411 e. The molecule has 0 aromatic heterocycles. The van der Waals surface area contributed by atoms with Crippen LogP contribution in [0, 0.1) is 0 Å². The van der Waals surface area contributed by atoms with Crippen LogP contribution in [0.2, 0.25) is 0 Å². The summed E-state index contributed by atoms with van der Waals surface area (Å²) in [4.78, 5) is 27.0. The Morgan fingerprint density at radius 3 is 2.43 bits per heavy atom. The highest BCUT2D eigenvalue weighted by Crippen LogP contribution is 2.31. The molecule has 2 aromatic rings. The monoisotopic (exact) mass is 401 g/mol. The number of esters is 1. The average Bonchev–Trinajstić information content (AvgIpc) is 2.74. The maximum absolute atomic E-state index is 13.0. The molecule has 2 atom stereocenters. The number of cyclic esters (lactones) is 1. The van der Waals surface area contributed by atoms with Gasteiger partial charge in [-0.1, -0.05) is 60.7 Å². The molecule has 0 spiro atoms. The summed E-state index contributed by atoms with van der Waals surface area (Å²) in [7, 11) is 0. The van der Waals surface area contributed by atoms with Gasteiger partial charge in [0.1, 0.15) is 19.3 Å². The molecule has 2 aromatic carbocycles. The number of rotatable bonds is 7. The number of morpholine rings is 1. The molecular formula is C22H24ClNO4. The third kappa shape index (κ3) is 5.04. The van der Waals surface area contributed by atoms with E-state index in [0.29, 0.717) is 12.3 Å². The summed E-state index contributed by atoms with van der Waals surface area (Å²) in [5, 5.41) is 0. The third-order valence-corrected chi connectivity index (χ3v) is 5.06. The van der Waals surface area contributed by atoms with Crippen molar-refractivity contribution in [2.24, 2.45) is 0 Å². The lowest BCUT2D eigenvalue weighted by Gasteiger charge is -2.40. The van der Waals surface area contributed by atoms with E-state index in [-0.39, 0.29) is 19.3 Å². The maximum Gasteiger partial charge on any atom is 0.411 e. The first-order chi connectivity index (χ1) is 13.7. The van der Waals surface area contributed by atoms with Crippen molar-refractivity contribution in [3.8, 4) is 0 Å². The molecule has 1 aliphatic rings. The van der Waals surface area contributed by atoms with E-state index in [9.17, 15) is 9.59 Å². The van der Waals surface area contributed by atoms with Crippen molar-refractivity contribution in [3.05, 3.63) is 71.8 Å².